The summed E-state index contributed by atoms with van der Waals surface area (Å²) in [7, 11) is 1.24. The number of esters is 1. The van der Waals surface area contributed by atoms with Crippen LogP contribution in [0.2, 0.25) is 0 Å². The van der Waals surface area contributed by atoms with Gasteiger partial charge < -0.3 is 10.1 Å². The molecule has 0 radical (unpaired) electrons. The van der Waals surface area contributed by atoms with Crippen molar-refractivity contribution in [3.63, 3.8) is 0 Å². The van der Waals surface area contributed by atoms with Crippen LogP contribution in [0.3, 0.4) is 0 Å². The number of carbonyl (C=O) groups is 2. The second kappa shape index (κ2) is 8.91. The Morgan fingerprint density at radius 2 is 1.77 bits per heavy atom. The SMILES string of the molecule is COC(=O)[C@H](NC(=O)/C=C/c1ccc([N+](=O)[O-])cc1)c1ccc(Br)cc1. The molecule has 1 atom stereocenters. The molecule has 8 heteroatoms. The normalized spacial score (nSPS) is 11.8. The number of non-ortho nitro benzene ring substituents is 1. The molecule has 0 heterocycles. The van der Waals surface area contributed by atoms with Crippen LogP contribution in [0.4, 0.5) is 5.69 Å². The highest BCUT2D eigenvalue weighted by molar-refractivity contribution is 9.10. The number of ether oxygens (including phenoxy) is 1. The van der Waals surface area contributed by atoms with Crippen molar-refractivity contribution in [3.8, 4) is 0 Å². The molecular formula is C18H15BrN2O5. The third kappa shape index (κ3) is 5.25. The minimum atomic E-state index is -0.942. The molecule has 2 aromatic carbocycles. The van der Waals surface area contributed by atoms with Crippen LogP contribution in [-0.2, 0) is 14.3 Å². The standard InChI is InChI=1S/C18H15BrN2O5/c1-26-18(23)17(13-5-7-14(19)8-6-13)20-16(22)11-4-12-2-9-15(10-3-12)21(24)25/h2-11,17H,1H3,(H,20,22)/b11-4+/t17-/m1/s1. The van der Waals surface area contributed by atoms with Crippen molar-refractivity contribution in [2.24, 2.45) is 0 Å². The highest BCUT2D eigenvalue weighted by atomic mass is 79.9. The third-order valence-electron chi connectivity index (χ3n) is 3.46. The highest BCUT2D eigenvalue weighted by Crippen LogP contribution is 2.18. The van der Waals surface area contributed by atoms with Crippen LogP contribution >= 0.6 is 15.9 Å². The van der Waals surface area contributed by atoms with Crippen LogP contribution in [0, 0.1) is 10.1 Å². The minimum Gasteiger partial charge on any atom is -0.467 e. The summed E-state index contributed by atoms with van der Waals surface area (Å²) >= 11 is 3.31. The smallest absolute Gasteiger partial charge is 0.333 e. The predicted octanol–water partition coefficient (Wildman–Crippen LogP) is 3.40. The predicted molar refractivity (Wildman–Crippen MR) is 99.2 cm³/mol. The maximum absolute atomic E-state index is 12.1. The van der Waals surface area contributed by atoms with E-state index in [1.807, 2.05) is 0 Å². The van der Waals surface area contributed by atoms with Crippen LogP contribution in [0.25, 0.3) is 6.08 Å². The molecule has 2 aromatic rings. The third-order valence-corrected chi connectivity index (χ3v) is 3.99. The van der Waals surface area contributed by atoms with E-state index >= 15 is 0 Å². The zero-order valence-electron chi connectivity index (χ0n) is 13.7. The lowest BCUT2D eigenvalue weighted by Crippen LogP contribution is -2.33. The van der Waals surface area contributed by atoms with Gasteiger partial charge in [0.25, 0.3) is 5.69 Å². The van der Waals surface area contributed by atoms with Crippen LogP contribution in [0.5, 0.6) is 0 Å². The summed E-state index contributed by atoms with van der Waals surface area (Å²) in [5.41, 5.74) is 1.16. The van der Waals surface area contributed by atoms with E-state index in [9.17, 15) is 19.7 Å². The Morgan fingerprint density at radius 1 is 1.15 bits per heavy atom. The molecule has 1 N–H and O–H groups in total. The van der Waals surface area contributed by atoms with E-state index in [4.69, 9.17) is 4.74 Å². The fourth-order valence-corrected chi connectivity index (χ4v) is 2.39. The van der Waals surface area contributed by atoms with E-state index in [0.29, 0.717) is 11.1 Å². The Bertz CT molecular complexity index is 832. The number of rotatable bonds is 6. The van der Waals surface area contributed by atoms with Gasteiger partial charge in [-0.2, -0.15) is 0 Å². The molecule has 1 amide bonds. The first-order valence-electron chi connectivity index (χ1n) is 7.47. The molecule has 7 nitrogen and oxygen atoms in total. The van der Waals surface area contributed by atoms with Gasteiger partial charge >= 0.3 is 5.97 Å². The first kappa shape index (κ1) is 19.3. The monoisotopic (exact) mass is 418 g/mol. The lowest BCUT2D eigenvalue weighted by molar-refractivity contribution is -0.384. The van der Waals surface area contributed by atoms with Gasteiger partial charge in [0.2, 0.25) is 5.91 Å². The molecule has 2 rings (SSSR count). The maximum atomic E-state index is 12.1. The maximum Gasteiger partial charge on any atom is 0.333 e. The van der Waals surface area contributed by atoms with Gasteiger partial charge in [0.1, 0.15) is 0 Å². The first-order valence-corrected chi connectivity index (χ1v) is 8.26. The molecule has 26 heavy (non-hydrogen) atoms. The number of hydrogen-bond donors (Lipinski definition) is 1. The van der Waals surface area contributed by atoms with Crippen molar-refractivity contribution in [3.05, 3.63) is 80.3 Å². The Morgan fingerprint density at radius 3 is 2.31 bits per heavy atom. The highest BCUT2D eigenvalue weighted by Gasteiger charge is 2.22. The average Bonchev–Trinajstić information content (AvgIpc) is 2.65. The number of carbonyl (C=O) groups excluding carboxylic acids is 2. The van der Waals surface area contributed by atoms with E-state index in [2.05, 4.69) is 21.2 Å². The van der Waals surface area contributed by atoms with Crippen LogP contribution in [0.1, 0.15) is 17.2 Å². The van der Waals surface area contributed by atoms with Crippen molar-refractivity contribution < 1.29 is 19.2 Å². The molecule has 0 aliphatic heterocycles. The van der Waals surface area contributed by atoms with Gasteiger partial charge in [-0.3, -0.25) is 14.9 Å². The van der Waals surface area contributed by atoms with Gasteiger partial charge in [0.15, 0.2) is 6.04 Å². The van der Waals surface area contributed by atoms with Crippen molar-refractivity contribution in [2.75, 3.05) is 7.11 Å². The van der Waals surface area contributed by atoms with Crippen molar-refractivity contribution in [1.82, 2.24) is 5.32 Å². The van der Waals surface area contributed by atoms with Crippen molar-refractivity contribution in [2.45, 2.75) is 6.04 Å². The first-order chi connectivity index (χ1) is 12.4. The largest absolute Gasteiger partial charge is 0.467 e. The Hall–Kier alpha value is -3.00. The fourth-order valence-electron chi connectivity index (χ4n) is 2.12. The van der Waals surface area contributed by atoms with Crippen molar-refractivity contribution >= 4 is 39.6 Å². The topological polar surface area (TPSA) is 98.5 Å². The summed E-state index contributed by atoms with van der Waals surface area (Å²) < 4.78 is 5.58. The lowest BCUT2D eigenvalue weighted by atomic mass is 10.1. The van der Waals surface area contributed by atoms with E-state index in [1.165, 1.54) is 43.5 Å². The van der Waals surface area contributed by atoms with Gasteiger partial charge in [0, 0.05) is 22.7 Å². The van der Waals surface area contributed by atoms with Gasteiger partial charge in [0.05, 0.1) is 12.0 Å². The molecule has 0 aromatic heterocycles. The van der Waals surface area contributed by atoms with Gasteiger partial charge in [-0.25, -0.2) is 4.79 Å². The summed E-state index contributed by atoms with van der Waals surface area (Å²) in [5.74, 6) is -1.09. The summed E-state index contributed by atoms with van der Waals surface area (Å²) in [6.07, 6.45) is 2.74. The van der Waals surface area contributed by atoms with Crippen molar-refractivity contribution in [1.29, 1.82) is 0 Å². The zero-order valence-corrected chi connectivity index (χ0v) is 15.3. The molecule has 0 saturated carbocycles. The van der Waals surface area contributed by atoms with Crippen LogP contribution in [0.15, 0.2) is 59.1 Å². The Labute approximate surface area is 157 Å². The number of amides is 1. The molecule has 0 aliphatic rings. The van der Waals surface area contributed by atoms with E-state index in [-0.39, 0.29) is 5.69 Å². The number of halogens is 1. The fraction of sp³-hybridized carbons (Fsp3) is 0.111. The number of methoxy groups -OCH3 is 1. The molecule has 0 aliphatic carbocycles. The quantitative estimate of drug-likeness (QED) is 0.335. The van der Waals surface area contributed by atoms with Crippen LogP contribution < -0.4 is 5.32 Å². The number of nitrogens with zero attached hydrogens (tertiary/aromatic N) is 1. The molecule has 0 unspecified atom stereocenters. The second-order valence-corrected chi connectivity index (χ2v) is 6.11. The number of hydrogen-bond acceptors (Lipinski definition) is 5. The van der Waals surface area contributed by atoms with Crippen LogP contribution in [-0.4, -0.2) is 23.9 Å². The molecule has 134 valence electrons. The number of benzene rings is 2. The molecule has 0 saturated heterocycles. The number of nitrogens with one attached hydrogen (secondary N) is 1. The minimum absolute atomic E-state index is 0.0346. The molecule has 0 spiro atoms. The van der Waals surface area contributed by atoms with E-state index < -0.39 is 22.8 Å². The lowest BCUT2D eigenvalue weighted by Gasteiger charge is -2.16. The van der Waals surface area contributed by atoms with Gasteiger partial charge in [-0.05, 0) is 41.5 Å². The summed E-state index contributed by atoms with van der Waals surface area (Å²) in [6, 6.07) is 11.7. The Kier molecular flexibility index (Phi) is 6.62. The zero-order chi connectivity index (χ0) is 19.1. The number of nitro groups is 1. The average molecular weight is 419 g/mol. The van der Waals surface area contributed by atoms with Gasteiger partial charge in [-0.1, -0.05) is 28.1 Å². The summed E-state index contributed by atoms with van der Waals surface area (Å²) in [4.78, 5) is 34.2. The Balaban J connectivity index is 2.10. The number of nitro benzene ring substituents is 1. The summed E-state index contributed by atoms with van der Waals surface area (Å²) in [6.45, 7) is 0. The molecular weight excluding hydrogens is 404 g/mol. The van der Waals surface area contributed by atoms with E-state index in [0.717, 1.165) is 4.47 Å². The molecule has 0 bridgehead atoms. The summed E-state index contributed by atoms with van der Waals surface area (Å²) in [5, 5.41) is 13.2. The second-order valence-electron chi connectivity index (χ2n) is 5.20. The molecule has 0 fully saturated rings. The van der Waals surface area contributed by atoms with Gasteiger partial charge in [-0.15, -0.1) is 0 Å². The van der Waals surface area contributed by atoms with E-state index in [1.54, 1.807) is 24.3 Å².